The number of halogens is 2. The highest BCUT2D eigenvalue weighted by atomic mass is 35.5. The van der Waals surface area contributed by atoms with E-state index in [1.165, 1.54) is 0 Å². The summed E-state index contributed by atoms with van der Waals surface area (Å²) in [5, 5.41) is 3.74. The topological polar surface area (TPSA) is 41.6 Å². The highest BCUT2D eigenvalue weighted by Crippen LogP contribution is 2.27. The summed E-state index contributed by atoms with van der Waals surface area (Å²) in [5.74, 6) is 1.17. The molecule has 1 amide bonds. The summed E-state index contributed by atoms with van der Waals surface area (Å²) in [6.07, 6.45) is 1.95. The van der Waals surface area contributed by atoms with Crippen molar-refractivity contribution < 1.29 is 9.53 Å². The number of amides is 1. The summed E-state index contributed by atoms with van der Waals surface area (Å²) < 4.78 is 5.68. The molecule has 6 heteroatoms. The van der Waals surface area contributed by atoms with Crippen LogP contribution in [-0.2, 0) is 0 Å². The number of likely N-dealkylation sites (tertiary alicyclic amines) is 1. The van der Waals surface area contributed by atoms with Gasteiger partial charge in [-0.2, -0.15) is 0 Å². The van der Waals surface area contributed by atoms with E-state index in [0.29, 0.717) is 28.9 Å². The molecule has 1 atom stereocenters. The molecule has 124 valence electrons. The van der Waals surface area contributed by atoms with Crippen LogP contribution in [0.2, 0.25) is 5.02 Å². The first kappa shape index (κ1) is 19.1. The zero-order valence-electron chi connectivity index (χ0n) is 13.1. The fourth-order valence-corrected chi connectivity index (χ4v) is 2.82. The molecule has 1 aliphatic rings. The molecule has 1 aromatic rings. The number of nitrogens with zero attached hydrogens (tertiary/aromatic N) is 1. The zero-order valence-corrected chi connectivity index (χ0v) is 14.7. The molecule has 2 rings (SSSR count). The van der Waals surface area contributed by atoms with Crippen LogP contribution in [0.1, 0.15) is 30.1 Å². The fraction of sp³-hybridized carbons (Fsp3) is 0.562. The van der Waals surface area contributed by atoms with Crippen LogP contribution in [0.15, 0.2) is 18.2 Å². The normalized spacial score (nSPS) is 17.2. The van der Waals surface area contributed by atoms with Gasteiger partial charge in [0.25, 0.3) is 5.91 Å². The molecular weight excluding hydrogens is 323 g/mol. The largest absolute Gasteiger partial charge is 0.493 e. The van der Waals surface area contributed by atoms with Crippen LogP contribution < -0.4 is 10.1 Å². The van der Waals surface area contributed by atoms with Crippen LogP contribution in [0.3, 0.4) is 0 Å². The minimum absolute atomic E-state index is 0. The van der Waals surface area contributed by atoms with Gasteiger partial charge < -0.3 is 15.0 Å². The Morgan fingerprint density at radius 2 is 2.27 bits per heavy atom. The van der Waals surface area contributed by atoms with E-state index in [9.17, 15) is 4.79 Å². The molecule has 1 unspecified atom stereocenters. The minimum atomic E-state index is 0. The number of rotatable bonds is 6. The van der Waals surface area contributed by atoms with Gasteiger partial charge in [0.1, 0.15) is 5.75 Å². The molecule has 0 radical (unpaired) electrons. The molecule has 0 saturated carbocycles. The van der Waals surface area contributed by atoms with Crippen molar-refractivity contribution in [1.82, 2.24) is 10.2 Å². The Labute approximate surface area is 143 Å². The van der Waals surface area contributed by atoms with Gasteiger partial charge >= 0.3 is 0 Å². The number of ether oxygens (including phenoxy) is 1. The van der Waals surface area contributed by atoms with Crippen molar-refractivity contribution >= 4 is 29.9 Å². The summed E-state index contributed by atoms with van der Waals surface area (Å²) in [5.41, 5.74) is 0.570. The van der Waals surface area contributed by atoms with Gasteiger partial charge in [-0.25, -0.2) is 0 Å². The predicted octanol–water partition coefficient (Wildman–Crippen LogP) is 3.23. The molecule has 22 heavy (non-hydrogen) atoms. The second-order valence-corrected chi connectivity index (χ2v) is 5.89. The maximum absolute atomic E-state index is 12.7. The smallest absolute Gasteiger partial charge is 0.257 e. The lowest BCUT2D eigenvalue weighted by Crippen LogP contribution is -2.30. The van der Waals surface area contributed by atoms with Gasteiger partial charge in [-0.05, 0) is 50.6 Å². The van der Waals surface area contributed by atoms with Gasteiger partial charge in [0, 0.05) is 18.1 Å². The van der Waals surface area contributed by atoms with E-state index < -0.39 is 0 Å². The van der Waals surface area contributed by atoms with Crippen molar-refractivity contribution in [2.24, 2.45) is 5.92 Å². The zero-order chi connectivity index (χ0) is 15.2. The van der Waals surface area contributed by atoms with Gasteiger partial charge in [0.05, 0.1) is 12.2 Å². The van der Waals surface area contributed by atoms with Crippen molar-refractivity contribution in [1.29, 1.82) is 0 Å². The van der Waals surface area contributed by atoms with Crippen LogP contribution in [0.5, 0.6) is 5.75 Å². The van der Waals surface area contributed by atoms with Crippen LogP contribution in [0, 0.1) is 5.92 Å². The molecule has 1 aromatic carbocycles. The molecule has 0 aromatic heterocycles. The number of carbonyl (C=O) groups is 1. The van der Waals surface area contributed by atoms with Gasteiger partial charge in [0.2, 0.25) is 0 Å². The second kappa shape index (κ2) is 9.23. The highest BCUT2D eigenvalue weighted by molar-refractivity contribution is 6.31. The number of carbonyl (C=O) groups excluding carboxylic acids is 1. The lowest BCUT2D eigenvalue weighted by Gasteiger charge is -2.19. The summed E-state index contributed by atoms with van der Waals surface area (Å²) in [6, 6.07) is 5.25. The van der Waals surface area contributed by atoms with E-state index >= 15 is 0 Å². The van der Waals surface area contributed by atoms with Crippen LogP contribution >= 0.6 is 24.0 Å². The van der Waals surface area contributed by atoms with Gasteiger partial charge in [-0.15, -0.1) is 12.4 Å². The molecule has 1 aliphatic heterocycles. The summed E-state index contributed by atoms with van der Waals surface area (Å²) in [6.45, 7) is 5.17. The Balaban J connectivity index is 0.00000242. The van der Waals surface area contributed by atoms with Crippen LogP contribution in [-0.4, -0.2) is 44.1 Å². The molecule has 1 fully saturated rings. The summed E-state index contributed by atoms with van der Waals surface area (Å²) in [4.78, 5) is 14.6. The summed E-state index contributed by atoms with van der Waals surface area (Å²) >= 11 is 6.04. The Hall–Kier alpha value is -0.970. The highest BCUT2D eigenvalue weighted by Gasteiger charge is 2.28. The minimum Gasteiger partial charge on any atom is -0.493 e. The first-order valence-electron chi connectivity index (χ1n) is 7.52. The number of hydrogen-bond acceptors (Lipinski definition) is 3. The Morgan fingerprint density at radius 3 is 2.95 bits per heavy atom. The molecule has 0 spiro atoms. The van der Waals surface area contributed by atoms with Gasteiger partial charge in [-0.3, -0.25) is 4.79 Å². The summed E-state index contributed by atoms with van der Waals surface area (Å²) in [7, 11) is 1.94. The lowest BCUT2D eigenvalue weighted by molar-refractivity contribution is 0.0782. The lowest BCUT2D eigenvalue weighted by atomic mass is 10.1. The molecule has 4 nitrogen and oxygen atoms in total. The maximum Gasteiger partial charge on any atom is 0.257 e. The molecular formula is C16H24Cl2N2O2. The van der Waals surface area contributed by atoms with Crippen molar-refractivity contribution in [3.8, 4) is 5.75 Å². The Kier molecular flexibility index (Phi) is 8.01. The van der Waals surface area contributed by atoms with Gasteiger partial charge in [0.15, 0.2) is 0 Å². The predicted molar refractivity (Wildman–Crippen MR) is 92.4 cm³/mol. The van der Waals surface area contributed by atoms with Crippen molar-refractivity contribution in [2.45, 2.75) is 19.8 Å². The maximum atomic E-state index is 12.7. The Bertz CT molecular complexity index is 497. The number of benzene rings is 1. The SMILES string of the molecule is CCCOc1ccc(Cl)cc1C(=O)N1CCC(CNC)C1.Cl. The molecule has 0 bridgehead atoms. The van der Waals surface area contributed by atoms with Crippen LogP contribution in [0.4, 0.5) is 0 Å². The van der Waals surface area contributed by atoms with E-state index in [0.717, 1.165) is 32.5 Å². The van der Waals surface area contributed by atoms with E-state index in [1.54, 1.807) is 18.2 Å². The number of nitrogens with one attached hydrogen (secondary N) is 1. The molecule has 0 aliphatic carbocycles. The second-order valence-electron chi connectivity index (χ2n) is 5.45. The first-order valence-corrected chi connectivity index (χ1v) is 7.89. The monoisotopic (exact) mass is 346 g/mol. The van der Waals surface area contributed by atoms with Crippen molar-refractivity contribution in [3.63, 3.8) is 0 Å². The molecule has 1 N–H and O–H groups in total. The third-order valence-electron chi connectivity index (χ3n) is 3.70. The standard InChI is InChI=1S/C16H23ClN2O2.ClH/c1-3-8-21-15-5-4-13(17)9-14(15)16(20)19-7-6-12(11-19)10-18-2;/h4-5,9,12,18H,3,6-8,10-11H2,1-2H3;1H. The molecule has 1 heterocycles. The van der Waals surface area contributed by atoms with Crippen LogP contribution in [0.25, 0.3) is 0 Å². The third kappa shape index (κ3) is 4.77. The Morgan fingerprint density at radius 1 is 1.50 bits per heavy atom. The molecule has 1 saturated heterocycles. The fourth-order valence-electron chi connectivity index (χ4n) is 2.65. The van der Waals surface area contributed by atoms with E-state index in [4.69, 9.17) is 16.3 Å². The third-order valence-corrected chi connectivity index (χ3v) is 3.93. The average Bonchev–Trinajstić information content (AvgIpc) is 2.94. The first-order chi connectivity index (χ1) is 10.2. The van der Waals surface area contributed by atoms with E-state index in [-0.39, 0.29) is 18.3 Å². The average molecular weight is 347 g/mol. The van der Waals surface area contributed by atoms with Gasteiger partial charge in [-0.1, -0.05) is 18.5 Å². The number of hydrogen-bond donors (Lipinski definition) is 1. The quantitative estimate of drug-likeness (QED) is 0.859. The van der Waals surface area contributed by atoms with E-state index in [2.05, 4.69) is 5.32 Å². The van der Waals surface area contributed by atoms with E-state index in [1.807, 2.05) is 18.9 Å². The van der Waals surface area contributed by atoms with Crippen molar-refractivity contribution in [2.75, 3.05) is 33.3 Å². The van der Waals surface area contributed by atoms with Crippen molar-refractivity contribution in [3.05, 3.63) is 28.8 Å².